The quantitative estimate of drug-likeness (QED) is 0.722. The Balaban J connectivity index is 1.54. The van der Waals surface area contributed by atoms with E-state index in [1.54, 1.807) is 12.4 Å². The summed E-state index contributed by atoms with van der Waals surface area (Å²) in [6.07, 6.45) is 6.68. The summed E-state index contributed by atoms with van der Waals surface area (Å²) >= 11 is 0. The van der Waals surface area contributed by atoms with Crippen LogP contribution in [-0.2, 0) is 11.2 Å². The molecular weight excluding hydrogens is 328 g/mol. The molecule has 0 bridgehead atoms. The van der Waals surface area contributed by atoms with Gasteiger partial charge in [-0.2, -0.15) is 4.98 Å². The van der Waals surface area contributed by atoms with Crippen LogP contribution < -0.4 is 0 Å². The number of amides is 1. The molecule has 6 nitrogen and oxygen atoms in total. The first-order valence-electron chi connectivity index (χ1n) is 8.88. The van der Waals surface area contributed by atoms with E-state index in [1.807, 2.05) is 47.4 Å². The summed E-state index contributed by atoms with van der Waals surface area (Å²) < 4.78 is 5.51. The molecule has 0 N–H and O–H groups in total. The molecule has 0 radical (unpaired) electrons. The molecule has 1 aliphatic rings. The van der Waals surface area contributed by atoms with Crippen LogP contribution in [0.1, 0.15) is 36.8 Å². The second-order valence-electron chi connectivity index (χ2n) is 6.45. The number of benzene rings is 1. The highest BCUT2D eigenvalue weighted by atomic mass is 16.5. The lowest BCUT2D eigenvalue weighted by molar-refractivity contribution is -0.135. The molecule has 1 atom stereocenters. The van der Waals surface area contributed by atoms with E-state index < -0.39 is 0 Å². The smallest absolute Gasteiger partial charge is 0.249 e. The van der Waals surface area contributed by atoms with E-state index in [9.17, 15) is 4.79 Å². The van der Waals surface area contributed by atoms with Gasteiger partial charge in [0.2, 0.25) is 17.6 Å². The summed E-state index contributed by atoms with van der Waals surface area (Å²) in [5, 5.41) is 4.09. The maximum Gasteiger partial charge on any atom is 0.249 e. The Bertz CT molecular complexity index is 864. The topological polar surface area (TPSA) is 72.1 Å². The Kier molecular flexibility index (Phi) is 4.73. The van der Waals surface area contributed by atoms with E-state index in [-0.39, 0.29) is 11.9 Å². The molecule has 1 fully saturated rings. The van der Waals surface area contributed by atoms with Gasteiger partial charge in [0.05, 0.1) is 6.42 Å². The van der Waals surface area contributed by atoms with Crippen LogP contribution in [0.15, 0.2) is 59.4 Å². The minimum Gasteiger partial charge on any atom is -0.337 e. The van der Waals surface area contributed by atoms with Crippen molar-refractivity contribution in [3.05, 3.63) is 66.3 Å². The Morgan fingerprint density at radius 3 is 2.73 bits per heavy atom. The highest BCUT2D eigenvalue weighted by Gasteiger charge is 2.32. The van der Waals surface area contributed by atoms with Crippen LogP contribution in [0.4, 0.5) is 0 Å². The molecule has 1 saturated heterocycles. The molecule has 1 aliphatic heterocycles. The molecule has 1 amide bonds. The minimum absolute atomic E-state index is 0.101. The third kappa shape index (κ3) is 3.49. The van der Waals surface area contributed by atoms with Gasteiger partial charge in [-0.15, -0.1) is 0 Å². The standard InChI is InChI=1S/C20H20N4O2/c25-18(14-15-6-2-1-3-7-15)24-13-5-4-8-17(24)20-22-19(23-26-20)16-9-11-21-12-10-16/h1-3,6-7,9-12,17H,4-5,8,13-14H2. The molecular formula is C20H20N4O2. The second kappa shape index (κ2) is 7.47. The summed E-state index contributed by atoms with van der Waals surface area (Å²) in [7, 11) is 0. The fourth-order valence-electron chi connectivity index (χ4n) is 3.35. The third-order valence-corrected chi connectivity index (χ3v) is 4.69. The molecule has 1 unspecified atom stereocenters. The number of pyridine rings is 1. The zero-order valence-electron chi connectivity index (χ0n) is 14.4. The first kappa shape index (κ1) is 16.4. The van der Waals surface area contributed by atoms with E-state index in [0.717, 1.165) is 36.9 Å². The van der Waals surface area contributed by atoms with Gasteiger partial charge in [0, 0.05) is 24.5 Å². The minimum atomic E-state index is -0.150. The Morgan fingerprint density at radius 1 is 1.12 bits per heavy atom. The van der Waals surface area contributed by atoms with Crippen LogP contribution in [0.25, 0.3) is 11.4 Å². The highest BCUT2D eigenvalue weighted by Crippen LogP contribution is 2.31. The first-order chi connectivity index (χ1) is 12.8. The van der Waals surface area contributed by atoms with E-state index >= 15 is 0 Å². The van der Waals surface area contributed by atoms with Gasteiger partial charge in [-0.1, -0.05) is 35.5 Å². The first-order valence-corrected chi connectivity index (χ1v) is 8.88. The molecule has 0 aliphatic carbocycles. The van der Waals surface area contributed by atoms with Gasteiger partial charge >= 0.3 is 0 Å². The highest BCUT2D eigenvalue weighted by molar-refractivity contribution is 5.79. The average molecular weight is 348 g/mol. The van der Waals surface area contributed by atoms with Crippen molar-refractivity contribution in [1.29, 1.82) is 0 Å². The molecule has 0 saturated carbocycles. The SMILES string of the molecule is O=C(Cc1ccccc1)N1CCCCC1c1nc(-c2ccncc2)no1. The van der Waals surface area contributed by atoms with E-state index in [1.165, 1.54) is 0 Å². The van der Waals surface area contributed by atoms with Gasteiger partial charge in [0.15, 0.2) is 0 Å². The van der Waals surface area contributed by atoms with Crippen molar-refractivity contribution in [2.75, 3.05) is 6.54 Å². The summed E-state index contributed by atoms with van der Waals surface area (Å²) in [6, 6.07) is 13.3. The van der Waals surface area contributed by atoms with Crippen molar-refractivity contribution in [2.45, 2.75) is 31.7 Å². The van der Waals surface area contributed by atoms with E-state index in [4.69, 9.17) is 4.52 Å². The zero-order chi connectivity index (χ0) is 17.8. The van der Waals surface area contributed by atoms with Crippen molar-refractivity contribution in [1.82, 2.24) is 20.0 Å². The number of hydrogen-bond donors (Lipinski definition) is 0. The Morgan fingerprint density at radius 2 is 1.92 bits per heavy atom. The van der Waals surface area contributed by atoms with E-state index in [2.05, 4.69) is 15.1 Å². The van der Waals surface area contributed by atoms with Crippen LogP contribution >= 0.6 is 0 Å². The van der Waals surface area contributed by atoms with Crippen molar-refractivity contribution < 1.29 is 9.32 Å². The monoisotopic (exact) mass is 348 g/mol. The van der Waals surface area contributed by atoms with Crippen LogP contribution in [-0.4, -0.2) is 32.5 Å². The molecule has 132 valence electrons. The lowest BCUT2D eigenvalue weighted by Crippen LogP contribution is -2.39. The van der Waals surface area contributed by atoms with Gasteiger partial charge in [-0.3, -0.25) is 9.78 Å². The zero-order valence-corrected chi connectivity index (χ0v) is 14.4. The molecule has 2 aromatic heterocycles. The largest absolute Gasteiger partial charge is 0.337 e. The van der Waals surface area contributed by atoms with Crippen LogP contribution in [0.2, 0.25) is 0 Å². The van der Waals surface area contributed by atoms with E-state index in [0.29, 0.717) is 18.1 Å². The average Bonchev–Trinajstić information content (AvgIpc) is 3.19. The van der Waals surface area contributed by atoms with Gasteiger partial charge in [0.1, 0.15) is 6.04 Å². The van der Waals surface area contributed by atoms with Gasteiger partial charge in [-0.05, 0) is 37.0 Å². The summed E-state index contributed by atoms with van der Waals surface area (Å²) in [5.41, 5.74) is 1.87. The number of aromatic nitrogens is 3. The molecule has 0 spiro atoms. The number of likely N-dealkylation sites (tertiary alicyclic amines) is 1. The normalized spacial score (nSPS) is 17.2. The van der Waals surface area contributed by atoms with Crippen LogP contribution in [0.5, 0.6) is 0 Å². The maximum atomic E-state index is 12.9. The lowest BCUT2D eigenvalue weighted by atomic mass is 10.0. The van der Waals surface area contributed by atoms with Crippen LogP contribution in [0.3, 0.4) is 0 Å². The molecule has 3 heterocycles. The molecule has 6 heteroatoms. The van der Waals surface area contributed by atoms with Crippen molar-refractivity contribution >= 4 is 5.91 Å². The predicted molar refractivity (Wildman–Crippen MR) is 96.0 cm³/mol. The third-order valence-electron chi connectivity index (χ3n) is 4.69. The Labute approximate surface area is 151 Å². The number of rotatable bonds is 4. The van der Waals surface area contributed by atoms with Crippen molar-refractivity contribution in [2.24, 2.45) is 0 Å². The lowest BCUT2D eigenvalue weighted by Gasteiger charge is -2.33. The Hall–Kier alpha value is -3.02. The molecule has 26 heavy (non-hydrogen) atoms. The fraction of sp³-hybridized carbons (Fsp3) is 0.300. The number of hydrogen-bond acceptors (Lipinski definition) is 5. The predicted octanol–water partition coefficient (Wildman–Crippen LogP) is 3.43. The van der Waals surface area contributed by atoms with Gasteiger partial charge in [0.25, 0.3) is 0 Å². The number of nitrogens with zero attached hydrogens (tertiary/aromatic N) is 4. The van der Waals surface area contributed by atoms with Gasteiger partial charge < -0.3 is 9.42 Å². The summed E-state index contributed by atoms with van der Waals surface area (Å²) in [6.45, 7) is 0.725. The fourth-order valence-corrected chi connectivity index (χ4v) is 3.35. The second-order valence-corrected chi connectivity index (χ2v) is 6.45. The van der Waals surface area contributed by atoms with Crippen molar-refractivity contribution in [3.8, 4) is 11.4 Å². The molecule has 3 aromatic rings. The van der Waals surface area contributed by atoms with Gasteiger partial charge in [-0.25, -0.2) is 0 Å². The maximum absolute atomic E-state index is 12.9. The number of carbonyl (C=O) groups is 1. The van der Waals surface area contributed by atoms with Crippen LogP contribution in [0, 0.1) is 0 Å². The molecule has 4 rings (SSSR count). The number of carbonyl (C=O) groups excluding carboxylic acids is 1. The number of piperidine rings is 1. The summed E-state index contributed by atoms with van der Waals surface area (Å²) in [5.74, 6) is 1.14. The molecule has 1 aromatic carbocycles. The van der Waals surface area contributed by atoms with Crippen molar-refractivity contribution in [3.63, 3.8) is 0 Å². The summed E-state index contributed by atoms with van der Waals surface area (Å²) in [4.78, 5) is 23.3.